The summed E-state index contributed by atoms with van der Waals surface area (Å²) < 4.78 is 0. The van der Waals surface area contributed by atoms with Crippen molar-refractivity contribution in [2.24, 2.45) is 0 Å². The van der Waals surface area contributed by atoms with Crippen molar-refractivity contribution in [2.45, 2.75) is 13.0 Å². The maximum absolute atomic E-state index is 11.8. The number of hydrogen-bond donors (Lipinski definition) is 2. The number of anilines is 1. The van der Waals surface area contributed by atoms with Gasteiger partial charge in [-0.15, -0.1) is 24.2 Å². The molecule has 1 aromatic carbocycles. The molecule has 17 heavy (non-hydrogen) atoms. The van der Waals surface area contributed by atoms with Crippen LogP contribution in [0, 0.1) is 6.92 Å². The number of benzene rings is 1. The summed E-state index contributed by atoms with van der Waals surface area (Å²) in [5.74, 6) is 1.67. The molecule has 0 aromatic heterocycles. The number of nitrogens with one attached hydrogen (secondary N) is 2. The molecule has 1 aliphatic heterocycles. The number of carbonyl (C=O) groups is 1. The van der Waals surface area contributed by atoms with Crippen molar-refractivity contribution in [1.82, 2.24) is 5.32 Å². The molecule has 2 N–H and O–H groups in total. The largest absolute Gasteiger partial charge is 0.325 e. The van der Waals surface area contributed by atoms with E-state index in [0.717, 1.165) is 22.9 Å². The number of halogens is 2. The van der Waals surface area contributed by atoms with Gasteiger partial charge in [0.2, 0.25) is 5.91 Å². The van der Waals surface area contributed by atoms with Gasteiger partial charge in [-0.05, 0) is 24.6 Å². The van der Waals surface area contributed by atoms with Crippen molar-refractivity contribution in [3.05, 3.63) is 28.8 Å². The summed E-state index contributed by atoms with van der Waals surface area (Å²) in [6.45, 7) is 1.93. The maximum atomic E-state index is 11.8. The summed E-state index contributed by atoms with van der Waals surface area (Å²) in [6.07, 6.45) is 0. The first-order chi connectivity index (χ1) is 7.66. The Morgan fingerprint density at radius 2 is 2.35 bits per heavy atom. The first kappa shape index (κ1) is 14.6. The minimum absolute atomic E-state index is 0. The Bertz CT molecular complexity index is 408. The summed E-state index contributed by atoms with van der Waals surface area (Å²) >= 11 is 7.71. The Balaban J connectivity index is 0.00000144. The van der Waals surface area contributed by atoms with E-state index in [1.165, 1.54) is 0 Å². The minimum atomic E-state index is -0.0925. The van der Waals surface area contributed by atoms with Crippen LogP contribution in [0.4, 0.5) is 5.69 Å². The third-order valence-electron chi connectivity index (χ3n) is 2.47. The van der Waals surface area contributed by atoms with Gasteiger partial charge < -0.3 is 5.32 Å². The second-order valence-electron chi connectivity index (χ2n) is 3.73. The average Bonchev–Trinajstić information content (AvgIpc) is 2.77. The van der Waals surface area contributed by atoms with Crippen molar-refractivity contribution in [2.75, 3.05) is 16.9 Å². The van der Waals surface area contributed by atoms with Crippen LogP contribution in [-0.2, 0) is 4.79 Å². The summed E-state index contributed by atoms with van der Waals surface area (Å²) in [6, 6.07) is 5.44. The van der Waals surface area contributed by atoms with Crippen molar-refractivity contribution in [1.29, 1.82) is 0 Å². The molecule has 0 spiro atoms. The molecule has 1 heterocycles. The number of aryl methyl sites for hydroxylation is 1. The van der Waals surface area contributed by atoms with E-state index in [0.29, 0.717) is 5.02 Å². The molecule has 94 valence electrons. The van der Waals surface area contributed by atoms with Crippen LogP contribution in [0.3, 0.4) is 0 Å². The lowest BCUT2D eigenvalue weighted by molar-refractivity contribution is -0.117. The van der Waals surface area contributed by atoms with Crippen molar-refractivity contribution >= 4 is 47.4 Å². The Morgan fingerprint density at radius 3 is 2.94 bits per heavy atom. The van der Waals surface area contributed by atoms with E-state index < -0.39 is 0 Å². The SMILES string of the molecule is Cc1ccc(NC(=O)C2CSCN2)cc1Cl.Cl. The number of thioether (sulfide) groups is 1. The molecular weight excluding hydrogens is 279 g/mol. The molecule has 1 fully saturated rings. The fourth-order valence-corrected chi connectivity index (χ4v) is 2.59. The molecule has 1 atom stereocenters. The van der Waals surface area contributed by atoms with Gasteiger partial charge in [0, 0.05) is 22.3 Å². The molecule has 1 amide bonds. The normalized spacial score (nSPS) is 18.6. The Labute approximate surface area is 116 Å². The van der Waals surface area contributed by atoms with Gasteiger partial charge in [0.1, 0.15) is 0 Å². The first-order valence-corrected chi connectivity index (χ1v) is 6.58. The molecule has 6 heteroatoms. The van der Waals surface area contributed by atoms with Gasteiger partial charge >= 0.3 is 0 Å². The number of hydrogen-bond acceptors (Lipinski definition) is 3. The highest BCUT2D eigenvalue weighted by molar-refractivity contribution is 7.99. The molecular formula is C11H14Cl2N2OS. The quantitative estimate of drug-likeness (QED) is 0.881. The van der Waals surface area contributed by atoms with Crippen molar-refractivity contribution in [3.8, 4) is 0 Å². The lowest BCUT2D eigenvalue weighted by atomic mass is 10.2. The summed E-state index contributed by atoms with van der Waals surface area (Å²) in [5, 5.41) is 6.65. The zero-order valence-corrected chi connectivity index (χ0v) is 11.7. The third-order valence-corrected chi connectivity index (χ3v) is 3.82. The number of amides is 1. The second kappa shape index (κ2) is 6.50. The summed E-state index contributed by atoms with van der Waals surface area (Å²) in [5.41, 5.74) is 1.76. The Morgan fingerprint density at radius 1 is 1.59 bits per heavy atom. The van der Waals surface area contributed by atoms with Crippen LogP contribution in [0.15, 0.2) is 18.2 Å². The van der Waals surface area contributed by atoms with E-state index in [-0.39, 0.29) is 24.4 Å². The van der Waals surface area contributed by atoms with Crippen LogP contribution in [0.2, 0.25) is 5.02 Å². The van der Waals surface area contributed by atoms with E-state index >= 15 is 0 Å². The fraction of sp³-hybridized carbons (Fsp3) is 0.364. The average molecular weight is 293 g/mol. The second-order valence-corrected chi connectivity index (χ2v) is 5.16. The number of carbonyl (C=O) groups excluding carboxylic acids is 1. The lowest BCUT2D eigenvalue weighted by Gasteiger charge is -2.11. The zero-order chi connectivity index (χ0) is 11.5. The third kappa shape index (κ3) is 3.78. The van der Waals surface area contributed by atoms with Gasteiger partial charge in [0.05, 0.1) is 6.04 Å². The summed E-state index contributed by atoms with van der Waals surface area (Å²) in [4.78, 5) is 11.8. The standard InChI is InChI=1S/C11H13ClN2OS.ClH/c1-7-2-3-8(4-9(7)12)14-11(15)10-5-16-6-13-10;/h2-4,10,13H,5-6H2,1H3,(H,14,15);1H. The Kier molecular flexibility index (Phi) is 5.59. The van der Waals surface area contributed by atoms with Gasteiger partial charge in [-0.25, -0.2) is 0 Å². The van der Waals surface area contributed by atoms with Crippen LogP contribution in [-0.4, -0.2) is 23.6 Å². The molecule has 0 radical (unpaired) electrons. The maximum Gasteiger partial charge on any atom is 0.242 e. The molecule has 1 aromatic rings. The van der Waals surface area contributed by atoms with Crippen LogP contribution in [0.5, 0.6) is 0 Å². The van der Waals surface area contributed by atoms with Gasteiger partial charge in [-0.3, -0.25) is 10.1 Å². The van der Waals surface area contributed by atoms with Crippen LogP contribution >= 0.6 is 35.8 Å². The number of rotatable bonds is 2. The minimum Gasteiger partial charge on any atom is -0.325 e. The molecule has 3 nitrogen and oxygen atoms in total. The monoisotopic (exact) mass is 292 g/mol. The highest BCUT2D eigenvalue weighted by Crippen LogP contribution is 2.20. The van der Waals surface area contributed by atoms with Crippen LogP contribution in [0.25, 0.3) is 0 Å². The highest BCUT2D eigenvalue weighted by atomic mass is 35.5. The Hall–Kier alpha value is -0.420. The summed E-state index contributed by atoms with van der Waals surface area (Å²) in [7, 11) is 0. The van der Waals surface area contributed by atoms with E-state index in [1.54, 1.807) is 17.8 Å². The molecule has 0 saturated carbocycles. The topological polar surface area (TPSA) is 41.1 Å². The van der Waals surface area contributed by atoms with Crippen molar-refractivity contribution in [3.63, 3.8) is 0 Å². The van der Waals surface area contributed by atoms with E-state index in [9.17, 15) is 4.79 Å². The molecule has 0 aliphatic carbocycles. The predicted octanol–water partition coefficient (Wildman–Crippen LogP) is 2.67. The van der Waals surface area contributed by atoms with Gasteiger partial charge in [-0.2, -0.15) is 0 Å². The van der Waals surface area contributed by atoms with Gasteiger partial charge in [0.15, 0.2) is 0 Å². The zero-order valence-electron chi connectivity index (χ0n) is 9.33. The fourth-order valence-electron chi connectivity index (χ4n) is 1.46. The predicted molar refractivity (Wildman–Crippen MR) is 76.3 cm³/mol. The van der Waals surface area contributed by atoms with E-state index in [1.807, 2.05) is 19.1 Å². The lowest BCUT2D eigenvalue weighted by Crippen LogP contribution is -2.37. The molecule has 0 bridgehead atoms. The molecule has 2 rings (SSSR count). The van der Waals surface area contributed by atoms with E-state index in [4.69, 9.17) is 11.6 Å². The van der Waals surface area contributed by atoms with Crippen molar-refractivity contribution < 1.29 is 4.79 Å². The molecule has 1 unspecified atom stereocenters. The molecule has 1 aliphatic rings. The van der Waals surface area contributed by atoms with Gasteiger partial charge in [0.25, 0.3) is 0 Å². The van der Waals surface area contributed by atoms with Crippen LogP contribution in [0.1, 0.15) is 5.56 Å². The van der Waals surface area contributed by atoms with Gasteiger partial charge in [-0.1, -0.05) is 17.7 Å². The smallest absolute Gasteiger partial charge is 0.242 e. The molecule has 1 saturated heterocycles. The first-order valence-electron chi connectivity index (χ1n) is 5.05. The highest BCUT2D eigenvalue weighted by Gasteiger charge is 2.22. The van der Waals surface area contributed by atoms with E-state index in [2.05, 4.69) is 10.6 Å². The van der Waals surface area contributed by atoms with Crippen LogP contribution < -0.4 is 10.6 Å².